The van der Waals surface area contributed by atoms with Crippen molar-refractivity contribution in [2.45, 2.75) is 59.1 Å². The molecule has 0 bridgehead atoms. The molecule has 0 unspecified atom stereocenters. The summed E-state index contributed by atoms with van der Waals surface area (Å²) in [5.41, 5.74) is 4.98. The first-order valence-electron chi connectivity index (χ1n) is 11.2. The number of hydrogen-bond donors (Lipinski definition) is 2. The van der Waals surface area contributed by atoms with Crippen LogP contribution in [-0.4, -0.2) is 48.8 Å². The molecule has 5 heteroatoms. The van der Waals surface area contributed by atoms with Crippen molar-refractivity contribution >= 4 is 0 Å². The van der Waals surface area contributed by atoms with Crippen molar-refractivity contribution in [3.05, 3.63) is 58.4 Å². The SMILES string of the molecule is CCCCNCCCCOc1c(C)nc(Cc2ccccc2)c(CO)c1CN(C)C. The molecule has 1 aromatic heterocycles. The Labute approximate surface area is 182 Å². The van der Waals surface area contributed by atoms with E-state index in [1.54, 1.807) is 0 Å². The van der Waals surface area contributed by atoms with E-state index in [0.29, 0.717) is 13.0 Å². The Morgan fingerprint density at radius 1 is 1.03 bits per heavy atom. The summed E-state index contributed by atoms with van der Waals surface area (Å²) in [4.78, 5) is 6.96. The van der Waals surface area contributed by atoms with Crippen LogP contribution in [0, 0.1) is 6.92 Å². The van der Waals surface area contributed by atoms with Gasteiger partial charge in [0.25, 0.3) is 0 Å². The van der Waals surface area contributed by atoms with E-state index >= 15 is 0 Å². The average Bonchev–Trinajstić information content (AvgIpc) is 2.72. The molecule has 0 aliphatic heterocycles. The van der Waals surface area contributed by atoms with E-state index in [9.17, 15) is 5.11 Å². The van der Waals surface area contributed by atoms with Crippen molar-refractivity contribution in [2.75, 3.05) is 33.8 Å². The summed E-state index contributed by atoms with van der Waals surface area (Å²) in [6.07, 6.45) is 5.26. The summed E-state index contributed by atoms with van der Waals surface area (Å²) in [5, 5.41) is 13.7. The van der Waals surface area contributed by atoms with Crippen LogP contribution in [0.2, 0.25) is 0 Å². The molecule has 1 heterocycles. The maximum atomic E-state index is 10.2. The van der Waals surface area contributed by atoms with Crippen LogP contribution in [0.4, 0.5) is 0 Å². The zero-order chi connectivity index (χ0) is 21.8. The molecule has 5 nitrogen and oxygen atoms in total. The van der Waals surface area contributed by atoms with Gasteiger partial charge in [0.15, 0.2) is 0 Å². The van der Waals surface area contributed by atoms with Crippen LogP contribution < -0.4 is 10.1 Å². The smallest absolute Gasteiger partial charge is 0.145 e. The fourth-order valence-electron chi connectivity index (χ4n) is 3.60. The Hall–Kier alpha value is -1.95. The molecule has 166 valence electrons. The minimum Gasteiger partial charge on any atom is -0.491 e. The molecule has 2 N–H and O–H groups in total. The van der Waals surface area contributed by atoms with Gasteiger partial charge in [-0.2, -0.15) is 0 Å². The standard InChI is InChI=1S/C25H39N3O2/c1-5-6-14-26-15-10-11-16-30-25-20(2)27-24(17-21-12-8-7-9-13-21)23(19-29)22(25)18-28(3)4/h7-9,12-13,26,29H,5-6,10-11,14-19H2,1-4H3. The lowest BCUT2D eigenvalue weighted by atomic mass is 9.99. The topological polar surface area (TPSA) is 57.6 Å². The highest BCUT2D eigenvalue weighted by Gasteiger charge is 2.19. The first kappa shape index (κ1) is 24.3. The molecule has 0 atom stereocenters. The number of rotatable bonds is 14. The van der Waals surface area contributed by atoms with Crippen molar-refractivity contribution in [2.24, 2.45) is 0 Å². The maximum absolute atomic E-state index is 10.2. The molecule has 0 radical (unpaired) electrons. The second-order valence-corrected chi connectivity index (χ2v) is 8.15. The van der Waals surface area contributed by atoms with E-state index in [0.717, 1.165) is 60.7 Å². The van der Waals surface area contributed by atoms with Crippen LogP contribution in [0.5, 0.6) is 5.75 Å². The summed E-state index contributed by atoms with van der Waals surface area (Å²) in [6.45, 7) is 7.70. The fourth-order valence-corrected chi connectivity index (χ4v) is 3.60. The number of unbranched alkanes of at least 4 members (excludes halogenated alkanes) is 2. The molecular weight excluding hydrogens is 374 g/mol. The third-order valence-corrected chi connectivity index (χ3v) is 5.17. The van der Waals surface area contributed by atoms with Crippen molar-refractivity contribution < 1.29 is 9.84 Å². The number of ether oxygens (including phenoxy) is 1. The number of aliphatic hydroxyl groups excluding tert-OH is 1. The normalized spacial score (nSPS) is 11.3. The molecular formula is C25H39N3O2. The lowest BCUT2D eigenvalue weighted by molar-refractivity contribution is 0.266. The van der Waals surface area contributed by atoms with Crippen molar-refractivity contribution in [3.8, 4) is 5.75 Å². The zero-order valence-corrected chi connectivity index (χ0v) is 19.2. The largest absolute Gasteiger partial charge is 0.491 e. The predicted octanol–water partition coefficient (Wildman–Crippen LogP) is 4.08. The van der Waals surface area contributed by atoms with Crippen LogP contribution in [0.15, 0.2) is 30.3 Å². The molecule has 0 spiro atoms. The van der Waals surface area contributed by atoms with E-state index in [1.807, 2.05) is 39.2 Å². The molecule has 0 amide bonds. The molecule has 0 saturated carbocycles. The van der Waals surface area contributed by atoms with E-state index in [2.05, 4.69) is 29.3 Å². The summed E-state index contributed by atoms with van der Waals surface area (Å²) >= 11 is 0. The quantitative estimate of drug-likeness (QED) is 0.457. The van der Waals surface area contributed by atoms with Crippen LogP contribution in [0.25, 0.3) is 0 Å². The number of pyridine rings is 1. The molecule has 30 heavy (non-hydrogen) atoms. The fraction of sp³-hybridized carbons (Fsp3) is 0.560. The van der Waals surface area contributed by atoms with Crippen LogP contribution in [0.1, 0.15) is 60.7 Å². The second kappa shape index (κ2) is 13.4. The minimum atomic E-state index is -0.0314. The summed E-state index contributed by atoms with van der Waals surface area (Å²) in [6, 6.07) is 10.3. The number of aromatic nitrogens is 1. The third-order valence-electron chi connectivity index (χ3n) is 5.17. The van der Waals surface area contributed by atoms with Crippen molar-refractivity contribution in [3.63, 3.8) is 0 Å². The van der Waals surface area contributed by atoms with Crippen molar-refractivity contribution in [1.82, 2.24) is 15.2 Å². The number of nitrogens with one attached hydrogen (secondary N) is 1. The first-order valence-corrected chi connectivity index (χ1v) is 11.2. The molecule has 0 aliphatic rings. The van der Waals surface area contributed by atoms with Gasteiger partial charge >= 0.3 is 0 Å². The van der Waals surface area contributed by atoms with E-state index < -0.39 is 0 Å². The van der Waals surface area contributed by atoms with Gasteiger partial charge < -0.3 is 20.1 Å². The Morgan fingerprint density at radius 3 is 2.43 bits per heavy atom. The van der Waals surface area contributed by atoms with Gasteiger partial charge in [-0.15, -0.1) is 0 Å². The Bertz CT molecular complexity index is 748. The first-order chi connectivity index (χ1) is 14.6. The van der Waals surface area contributed by atoms with Crippen LogP contribution in [0.3, 0.4) is 0 Å². The summed E-state index contributed by atoms with van der Waals surface area (Å²) in [5.74, 6) is 0.837. The lowest BCUT2D eigenvalue weighted by Gasteiger charge is -2.22. The molecule has 0 aliphatic carbocycles. The summed E-state index contributed by atoms with van der Waals surface area (Å²) in [7, 11) is 4.08. The second-order valence-electron chi connectivity index (χ2n) is 8.15. The van der Waals surface area contributed by atoms with Gasteiger partial charge in [-0.25, -0.2) is 0 Å². The molecule has 0 fully saturated rings. The predicted molar refractivity (Wildman–Crippen MR) is 124 cm³/mol. The highest BCUT2D eigenvalue weighted by atomic mass is 16.5. The van der Waals surface area contributed by atoms with Gasteiger partial charge in [0.2, 0.25) is 0 Å². The number of aryl methyl sites for hydroxylation is 1. The van der Waals surface area contributed by atoms with E-state index in [4.69, 9.17) is 9.72 Å². The number of benzene rings is 1. The summed E-state index contributed by atoms with van der Waals surface area (Å²) < 4.78 is 6.22. The average molecular weight is 414 g/mol. The lowest BCUT2D eigenvalue weighted by Crippen LogP contribution is -2.19. The van der Waals surface area contributed by atoms with Crippen molar-refractivity contribution in [1.29, 1.82) is 0 Å². The molecule has 2 rings (SSSR count). The zero-order valence-electron chi connectivity index (χ0n) is 19.2. The van der Waals surface area contributed by atoms with Gasteiger partial charge in [-0.3, -0.25) is 4.98 Å². The highest BCUT2D eigenvalue weighted by molar-refractivity contribution is 5.46. The minimum absolute atomic E-state index is 0.0314. The van der Waals surface area contributed by atoms with E-state index in [-0.39, 0.29) is 6.61 Å². The Kier molecular flexibility index (Phi) is 10.8. The van der Waals surface area contributed by atoms with Crippen LogP contribution in [-0.2, 0) is 19.6 Å². The van der Waals surface area contributed by atoms with Gasteiger partial charge in [-0.05, 0) is 58.9 Å². The van der Waals surface area contributed by atoms with Gasteiger partial charge in [0.1, 0.15) is 5.75 Å². The van der Waals surface area contributed by atoms with E-state index in [1.165, 1.54) is 18.4 Å². The molecule has 1 aromatic carbocycles. The monoisotopic (exact) mass is 413 g/mol. The van der Waals surface area contributed by atoms with Gasteiger partial charge in [0.05, 0.1) is 24.6 Å². The number of hydrogen-bond acceptors (Lipinski definition) is 5. The molecule has 0 saturated heterocycles. The van der Waals surface area contributed by atoms with Gasteiger partial charge in [-0.1, -0.05) is 43.7 Å². The maximum Gasteiger partial charge on any atom is 0.145 e. The highest BCUT2D eigenvalue weighted by Crippen LogP contribution is 2.30. The third kappa shape index (κ3) is 7.71. The van der Waals surface area contributed by atoms with Crippen LogP contribution >= 0.6 is 0 Å². The van der Waals surface area contributed by atoms with Gasteiger partial charge in [0, 0.05) is 24.1 Å². The Morgan fingerprint density at radius 2 is 1.77 bits per heavy atom. The number of aliphatic hydroxyl groups is 1. The number of nitrogens with zero attached hydrogens (tertiary/aromatic N) is 2. The Balaban J connectivity index is 2.12. The molecule has 2 aromatic rings.